The van der Waals surface area contributed by atoms with Crippen LogP contribution in [0.1, 0.15) is 0 Å². The minimum atomic E-state index is 0.546. The third kappa shape index (κ3) is 1.95. The maximum absolute atomic E-state index is 5.19. The van der Waals surface area contributed by atoms with Crippen molar-refractivity contribution in [1.29, 1.82) is 0 Å². The molecule has 17 heavy (non-hydrogen) atoms. The predicted octanol–water partition coefficient (Wildman–Crippen LogP) is 3.40. The number of nitrogens with zero attached hydrogens (tertiary/aromatic N) is 2. The fourth-order valence-electron chi connectivity index (χ4n) is 1.67. The van der Waals surface area contributed by atoms with Gasteiger partial charge in [-0.25, -0.2) is 4.98 Å². The highest BCUT2D eigenvalue weighted by Crippen LogP contribution is 2.21. The molecule has 0 radical (unpaired) electrons. The van der Waals surface area contributed by atoms with Crippen molar-refractivity contribution in [3.63, 3.8) is 0 Å². The van der Waals surface area contributed by atoms with Crippen molar-refractivity contribution in [3.05, 3.63) is 61.1 Å². The predicted molar refractivity (Wildman–Crippen MR) is 65.2 cm³/mol. The number of oxazole rings is 1. The molecule has 82 valence electrons. The normalized spacial score (nSPS) is 10.4. The van der Waals surface area contributed by atoms with E-state index in [2.05, 4.69) is 22.1 Å². The van der Waals surface area contributed by atoms with Crippen LogP contribution in [-0.2, 0) is 0 Å². The van der Waals surface area contributed by atoms with E-state index in [0.29, 0.717) is 5.89 Å². The number of benzene rings is 1. The lowest BCUT2D eigenvalue weighted by Gasteiger charge is -2.01. The highest BCUT2D eigenvalue weighted by Gasteiger charge is 2.04. The van der Waals surface area contributed by atoms with Crippen LogP contribution in [0.5, 0.6) is 0 Å². The molecule has 0 saturated carbocycles. The largest absolute Gasteiger partial charge is 0.443 e. The molecule has 0 saturated heterocycles. The lowest BCUT2D eigenvalue weighted by Crippen LogP contribution is -1.84. The molecule has 2 aromatic heterocycles. The molecule has 1 aromatic carbocycles. The highest BCUT2D eigenvalue weighted by atomic mass is 16.3. The molecule has 0 fully saturated rings. The molecule has 0 unspecified atom stereocenters. The fraction of sp³-hybridized carbons (Fsp3) is 0. The Hall–Kier alpha value is -2.42. The van der Waals surface area contributed by atoms with E-state index in [0.717, 1.165) is 16.8 Å². The van der Waals surface area contributed by atoms with Crippen LogP contribution in [0, 0.1) is 0 Å². The monoisotopic (exact) mass is 222 g/mol. The van der Waals surface area contributed by atoms with Crippen molar-refractivity contribution < 1.29 is 4.42 Å². The van der Waals surface area contributed by atoms with Crippen molar-refractivity contribution in [3.8, 4) is 22.7 Å². The van der Waals surface area contributed by atoms with E-state index in [-0.39, 0.29) is 0 Å². The summed E-state index contributed by atoms with van der Waals surface area (Å²) in [4.78, 5) is 8.40. The topological polar surface area (TPSA) is 38.9 Å². The molecule has 0 amide bonds. The van der Waals surface area contributed by atoms with Crippen LogP contribution in [-0.4, -0.2) is 9.97 Å². The van der Waals surface area contributed by atoms with E-state index in [9.17, 15) is 0 Å². The molecule has 0 spiro atoms. The van der Waals surface area contributed by atoms with E-state index >= 15 is 0 Å². The Bertz CT molecular complexity index is 586. The van der Waals surface area contributed by atoms with Gasteiger partial charge in [0.2, 0.25) is 5.89 Å². The van der Waals surface area contributed by atoms with E-state index < -0.39 is 0 Å². The van der Waals surface area contributed by atoms with Crippen LogP contribution in [0.3, 0.4) is 0 Å². The Labute approximate surface area is 98.8 Å². The summed E-state index contributed by atoms with van der Waals surface area (Å²) in [5.41, 5.74) is 2.98. The molecule has 0 aliphatic rings. The second-order valence-corrected chi connectivity index (χ2v) is 3.64. The zero-order chi connectivity index (χ0) is 11.5. The SMILES string of the molecule is c1ccc(-c2ccc(-c3ncco3)nc2)cc1. The molecular formula is C14H10N2O. The quantitative estimate of drug-likeness (QED) is 0.667. The van der Waals surface area contributed by atoms with E-state index in [4.69, 9.17) is 4.42 Å². The van der Waals surface area contributed by atoms with Gasteiger partial charge in [0.05, 0.1) is 6.20 Å². The maximum Gasteiger partial charge on any atom is 0.244 e. The lowest BCUT2D eigenvalue weighted by molar-refractivity contribution is 0.572. The molecular weight excluding hydrogens is 212 g/mol. The summed E-state index contributed by atoms with van der Waals surface area (Å²) in [5, 5.41) is 0. The van der Waals surface area contributed by atoms with Crippen LogP contribution in [0.2, 0.25) is 0 Å². The zero-order valence-electron chi connectivity index (χ0n) is 9.08. The number of hydrogen-bond acceptors (Lipinski definition) is 3. The number of rotatable bonds is 2. The van der Waals surface area contributed by atoms with Gasteiger partial charge in [-0.2, -0.15) is 0 Å². The summed E-state index contributed by atoms with van der Waals surface area (Å²) >= 11 is 0. The molecule has 0 bridgehead atoms. The highest BCUT2D eigenvalue weighted by molar-refractivity contribution is 5.64. The molecule has 3 aromatic rings. The molecule has 2 heterocycles. The van der Waals surface area contributed by atoms with Gasteiger partial charge in [-0.3, -0.25) is 4.98 Å². The van der Waals surface area contributed by atoms with Crippen molar-refractivity contribution in [2.24, 2.45) is 0 Å². The van der Waals surface area contributed by atoms with Crippen LogP contribution >= 0.6 is 0 Å². The fourth-order valence-corrected chi connectivity index (χ4v) is 1.67. The standard InChI is InChI=1S/C14H10N2O/c1-2-4-11(5-3-1)12-6-7-13(16-10-12)14-15-8-9-17-14/h1-10H. The van der Waals surface area contributed by atoms with Gasteiger partial charge in [-0.1, -0.05) is 36.4 Å². The van der Waals surface area contributed by atoms with Gasteiger partial charge in [0.15, 0.2) is 0 Å². The second kappa shape index (κ2) is 4.22. The smallest absolute Gasteiger partial charge is 0.244 e. The van der Waals surface area contributed by atoms with Gasteiger partial charge in [0.25, 0.3) is 0 Å². The van der Waals surface area contributed by atoms with Gasteiger partial charge >= 0.3 is 0 Å². The van der Waals surface area contributed by atoms with E-state index in [1.807, 2.05) is 36.5 Å². The molecule has 0 aliphatic heterocycles. The number of hydrogen-bond donors (Lipinski definition) is 0. The minimum Gasteiger partial charge on any atom is -0.443 e. The molecule has 3 nitrogen and oxygen atoms in total. The summed E-state index contributed by atoms with van der Waals surface area (Å²) in [6.07, 6.45) is 4.99. The summed E-state index contributed by atoms with van der Waals surface area (Å²) in [5.74, 6) is 0.546. The Morgan fingerprint density at radius 2 is 1.71 bits per heavy atom. The van der Waals surface area contributed by atoms with Crippen LogP contribution in [0.25, 0.3) is 22.7 Å². The summed E-state index contributed by atoms with van der Waals surface area (Å²) in [7, 11) is 0. The van der Waals surface area contributed by atoms with E-state index in [1.165, 1.54) is 0 Å². The number of aromatic nitrogens is 2. The van der Waals surface area contributed by atoms with Crippen LogP contribution < -0.4 is 0 Å². The van der Waals surface area contributed by atoms with Crippen molar-refractivity contribution in [2.45, 2.75) is 0 Å². The average Bonchev–Trinajstić information content (AvgIpc) is 2.94. The first-order valence-corrected chi connectivity index (χ1v) is 5.35. The van der Waals surface area contributed by atoms with Crippen LogP contribution in [0.4, 0.5) is 0 Å². The molecule has 0 aliphatic carbocycles. The first-order chi connectivity index (χ1) is 8.43. The third-order valence-corrected chi connectivity index (χ3v) is 2.52. The maximum atomic E-state index is 5.19. The summed E-state index contributed by atoms with van der Waals surface area (Å²) < 4.78 is 5.19. The van der Waals surface area contributed by atoms with E-state index in [1.54, 1.807) is 12.5 Å². The molecule has 3 rings (SSSR count). The van der Waals surface area contributed by atoms with Gasteiger partial charge in [-0.15, -0.1) is 0 Å². The summed E-state index contributed by atoms with van der Waals surface area (Å²) in [6.45, 7) is 0. The minimum absolute atomic E-state index is 0.546. The second-order valence-electron chi connectivity index (χ2n) is 3.64. The van der Waals surface area contributed by atoms with Gasteiger partial charge in [0, 0.05) is 11.8 Å². The van der Waals surface area contributed by atoms with Crippen LogP contribution in [0.15, 0.2) is 65.5 Å². The van der Waals surface area contributed by atoms with Crippen molar-refractivity contribution in [1.82, 2.24) is 9.97 Å². The first-order valence-electron chi connectivity index (χ1n) is 5.35. The zero-order valence-corrected chi connectivity index (χ0v) is 9.08. The lowest BCUT2D eigenvalue weighted by atomic mass is 10.1. The molecule has 3 heteroatoms. The van der Waals surface area contributed by atoms with Gasteiger partial charge in [-0.05, 0) is 11.6 Å². The Morgan fingerprint density at radius 3 is 2.35 bits per heavy atom. The average molecular weight is 222 g/mol. The Morgan fingerprint density at radius 1 is 0.824 bits per heavy atom. The molecule has 0 atom stereocenters. The summed E-state index contributed by atoms with van der Waals surface area (Å²) in [6, 6.07) is 14.1. The van der Waals surface area contributed by atoms with Crippen molar-refractivity contribution in [2.75, 3.05) is 0 Å². The van der Waals surface area contributed by atoms with Gasteiger partial charge < -0.3 is 4.42 Å². The first kappa shape index (κ1) is 9.78. The molecule has 0 N–H and O–H groups in total. The van der Waals surface area contributed by atoms with Crippen molar-refractivity contribution >= 4 is 0 Å². The van der Waals surface area contributed by atoms with Gasteiger partial charge in [0.1, 0.15) is 12.0 Å². The number of pyridine rings is 1. The Kier molecular flexibility index (Phi) is 2.43. The third-order valence-electron chi connectivity index (χ3n) is 2.52. The Balaban J connectivity index is 1.96.